The molecule has 0 aliphatic carbocycles. The third-order valence-electron chi connectivity index (χ3n) is 4.58. The van der Waals surface area contributed by atoms with Crippen LogP contribution < -0.4 is 19.6 Å². The Balaban J connectivity index is 1.49. The number of halogens is 2. The van der Waals surface area contributed by atoms with Crippen LogP contribution in [0.4, 0.5) is 0 Å². The molecule has 0 radical (unpaired) electrons. The molecule has 0 aliphatic heterocycles. The Hall–Kier alpha value is -3.55. The summed E-state index contributed by atoms with van der Waals surface area (Å²) in [4.78, 5) is 24.4. The molecule has 0 aromatic heterocycles. The number of hydrogen-bond acceptors (Lipinski definition) is 6. The zero-order chi connectivity index (χ0) is 25.0. The van der Waals surface area contributed by atoms with Gasteiger partial charge in [0.25, 0.3) is 0 Å². The number of nitrogens with one attached hydrogen (secondary N) is 1. The average molecular weight is 515 g/mol. The first-order valence-corrected chi connectivity index (χ1v) is 11.7. The van der Waals surface area contributed by atoms with E-state index in [0.717, 1.165) is 0 Å². The second kappa shape index (κ2) is 13.4. The molecule has 3 rings (SSSR count). The molecule has 35 heavy (non-hydrogen) atoms. The number of amides is 1. The van der Waals surface area contributed by atoms with E-state index >= 15 is 0 Å². The minimum atomic E-state index is -0.484. The van der Waals surface area contributed by atoms with Gasteiger partial charge in [0.15, 0.2) is 11.5 Å². The van der Waals surface area contributed by atoms with Crippen molar-refractivity contribution < 1.29 is 23.8 Å². The van der Waals surface area contributed by atoms with Gasteiger partial charge in [-0.15, -0.1) is 0 Å². The monoisotopic (exact) mass is 514 g/mol. The normalized spacial score (nSPS) is 10.7. The summed E-state index contributed by atoms with van der Waals surface area (Å²) < 4.78 is 16.6. The highest BCUT2D eigenvalue weighted by Crippen LogP contribution is 2.29. The number of carbonyl (C=O) groups is 2. The lowest BCUT2D eigenvalue weighted by Crippen LogP contribution is -2.18. The summed E-state index contributed by atoms with van der Waals surface area (Å²) in [5, 5.41) is 4.92. The SMILES string of the molecule is CCOc1cc(C=NNC(=O)CCCOc2ccc(Cl)cc2Cl)ccc1OC(=O)c1ccccc1. The van der Waals surface area contributed by atoms with Crippen LogP contribution in [0.15, 0.2) is 71.8 Å². The summed E-state index contributed by atoms with van der Waals surface area (Å²) >= 11 is 11.9. The van der Waals surface area contributed by atoms with Crippen molar-refractivity contribution in [1.82, 2.24) is 5.43 Å². The summed E-state index contributed by atoms with van der Waals surface area (Å²) in [6.45, 7) is 2.53. The van der Waals surface area contributed by atoms with Gasteiger partial charge in [0, 0.05) is 11.4 Å². The van der Waals surface area contributed by atoms with Crippen molar-refractivity contribution in [3.8, 4) is 17.2 Å². The number of rotatable bonds is 11. The second-order valence-electron chi connectivity index (χ2n) is 7.21. The molecule has 1 amide bonds. The van der Waals surface area contributed by atoms with Crippen LogP contribution in [0, 0.1) is 0 Å². The molecule has 0 bridgehead atoms. The molecule has 1 N–H and O–H groups in total. The number of benzene rings is 3. The lowest BCUT2D eigenvalue weighted by atomic mass is 10.2. The van der Waals surface area contributed by atoms with Crippen LogP contribution in [0.2, 0.25) is 10.0 Å². The molecule has 3 aromatic carbocycles. The molecule has 182 valence electrons. The van der Waals surface area contributed by atoms with E-state index in [4.69, 9.17) is 37.4 Å². The van der Waals surface area contributed by atoms with E-state index < -0.39 is 5.97 Å². The Labute approximate surface area is 213 Å². The topological polar surface area (TPSA) is 86.2 Å². The Bertz CT molecular complexity index is 1190. The highest BCUT2D eigenvalue weighted by Gasteiger charge is 2.13. The molecule has 0 unspecified atom stereocenters. The molecule has 0 heterocycles. The zero-order valence-corrected chi connectivity index (χ0v) is 20.5. The first kappa shape index (κ1) is 26.1. The zero-order valence-electron chi connectivity index (χ0n) is 19.0. The molecule has 0 spiro atoms. The van der Waals surface area contributed by atoms with Crippen LogP contribution in [-0.4, -0.2) is 31.3 Å². The smallest absolute Gasteiger partial charge is 0.343 e. The van der Waals surface area contributed by atoms with Gasteiger partial charge in [0.05, 0.1) is 30.0 Å². The molecule has 0 fully saturated rings. The summed E-state index contributed by atoms with van der Waals surface area (Å²) in [7, 11) is 0. The van der Waals surface area contributed by atoms with Crippen molar-refractivity contribution in [3.05, 3.63) is 87.9 Å². The fraction of sp³-hybridized carbons (Fsp3) is 0.192. The van der Waals surface area contributed by atoms with Crippen molar-refractivity contribution in [1.29, 1.82) is 0 Å². The number of carbonyl (C=O) groups excluding carboxylic acids is 2. The second-order valence-corrected chi connectivity index (χ2v) is 8.06. The number of ether oxygens (including phenoxy) is 3. The van der Waals surface area contributed by atoms with Gasteiger partial charge in [-0.2, -0.15) is 5.10 Å². The van der Waals surface area contributed by atoms with E-state index in [1.165, 1.54) is 6.21 Å². The Kier molecular flexibility index (Phi) is 9.95. The van der Waals surface area contributed by atoms with E-state index in [9.17, 15) is 9.59 Å². The lowest BCUT2D eigenvalue weighted by Gasteiger charge is -2.11. The first-order chi connectivity index (χ1) is 17.0. The third kappa shape index (κ3) is 8.31. The number of hydrazone groups is 1. The van der Waals surface area contributed by atoms with E-state index in [1.54, 1.807) is 60.7 Å². The molecular weight excluding hydrogens is 491 g/mol. The Morgan fingerprint density at radius 1 is 0.943 bits per heavy atom. The van der Waals surface area contributed by atoms with Crippen molar-refractivity contribution in [2.75, 3.05) is 13.2 Å². The maximum absolute atomic E-state index is 12.3. The van der Waals surface area contributed by atoms with Gasteiger partial charge in [-0.05, 0) is 67.4 Å². The Morgan fingerprint density at radius 2 is 1.71 bits per heavy atom. The predicted molar refractivity (Wildman–Crippen MR) is 136 cm³/mol. The van der Waals surface area contributed by atoms with E-state index in [0.29, 0.717) is 58.1 Å². The van der Waals surface area contributed by atoms with Gasteiger partial charge < -0.3 is 14.2 Å². The standard InChI is InChI=1S/C26H24Cl2N2O5/c1-2-33-24-15-18(10-12-23(24)35-26(32)19-7-4-3-5-8-19)17-29-30-25(31)9-6-14-34-22-13-11-20(27)16-21(22)28/h3-5,7-8,10-13,15-17H,2,6,9,14H2,1H3,(H,30,31). The van der Waals surface area contributed by atoms with Crippen LogP contribution in [0.1, 0.15) is 35.7 Å². The molecule has 7 nitrogen and oxygen atoms in total. The molecule has 0 atom stereocenters. The van der Waals surface area contributed by atoms with Gasteiger partial charge in [0.1, 0.15) is 5.75 Å². The van der Waals surface area contributed by atoms with Crippen molar-refractivity contribution >= 4 is 41.3 Å². The van der Waals surface area contributed by atoms with Crippen LogP contribution in [0.5, 0.6) is 17.2 Å². The number of esters is 1. The Morgan fingerprint density at radius 3 is 2.46 bits per heavy atom. The fourth-order valence-corrected chi connectivity index (χ4v) is 3.40. The van der Waals surface area contributed by atoms with E-state index in [2.05, 4.69) is 10.5 Å². The quantitative estimate of drug-likeness (QED) is 0.113. The van der Waals surface area contributed by atoms with Gasteiger partial charge in [-0.25, -0.2) is 10.2 Å². The average Bonchev–Trinajstić information content (AvgIpc) is 2.85. The molecule has 0 saturated heterocycles. The highest BCUT2D eigenvalue weighted by atomic mass is 35.5. The molecular formula is C26H24Cl2N2O5. The van der Waals surface area contributed by atoms with Crippen molar-refractivity contribution in [2.24, 2.45) is 5.10 Å². The van der Waals surface area contributed by atoms with Gasteiger partial charge in [0.2, 0.25) is 5.91 Å². The maximum Gasteiger partial charge on any atom is 0.343 e. The number of nitrogens with zero attached hydrogens (tertiary/aromatic N) is 1. The molecule has 3 aromatic rings. The molecule has 0 saturated carbocycles. The fourth-order valence-electron chi connectivity index (χ4n) is 2.93. The van der Waals surface area contributed by atoms with Crippen LogP contribution in [-0.2, 0) is 4.79 Å². The predicted octanol–water partition coefficient (Wildman–Crippen LogP) is 5.92. The maximum atomic E-state index is 12.3. The largest absolute Gasteiger partial charge is 0.492 e. The minimum absolute atomic E-state index is 0.223. The first-order valence-electron chi connectivity index (χ1n) is 10.9. The van der Waals surface area contributed by atoms with Crippen LogP contribution in [0.3, 0.4) is 0 Å². The van der Waals surface area contributed by atoms with Gasteiger partial charge >= 0.3 is 5.97 Å². The molecule has 9 heteroatoms. The lowest BCUT2D eigenvalue weighted by molar-refractivity contribution is -0.121. The van der Waals surface area contributed by atoms with Gasteiger partial charge in [-0.1, -0.05) is 41.4 Å². The number of hydrogen-bond donors (Lipinski definition) is 1. The van der Waals surface area contributed by atoms with Gasteiger partial charge in [-0.3, -0.25) is 4.79 Å². The summed E-state index contributed by atoms with van der Waals surface area (Å²) in [6.07, 6.45) is 2.19. The van der Waals surface area contributed by atoms with Crippen molar-refractivity contribution in [3.63, 3.8) is 0 Å². The van der Waals surface area contributed by atoms with Crippen molar-refractivity contribution in [2.45, 2.75) is 19.8 Å². The highest BCUT2D eigenvalue weighted by molar-refractivity contribution is 6.35. The van der Waals surface area contributed by atoms with E-state index in [1.807, 2.05) is 13.0 Å². The summed E-state index contributed by atoms with van der Waals surface area (Å²) in [5.74, 6) is 0.457. The summed E-state index contributed by atoms with van der Waals surface area (Å²) in [6, 6.07) is 18.6. The van der Waals surface area contributed by atoms with Crippen LogP contribution in [0.25, 0.3) is 0 Å². The van der Waals surface area contributed by atoms with E-state index in [-0.39, 0.29) is 12.3 Å². The van der Waals surface area contributed by atoms with Crippen LogP contribution >= 0.6 is 23.2 Å². The molecule has 0 aliphatic rings. The minimum Gasteiger partial charge on any atom is -0.492 e. The third-order valence-corrected chi connectivity index (χ3v) is 5.11. The summed E-state index contributed by atoms with van der Waals surface area (Å²) in [5.41, 5.74) is 3.57.